The first-order valence-electron chi connectivity index (χ1n) is 5.02. The van der Waals surface area contributed by atoms with Crippen molar-refractivity contribution in [1.29, 1.82) is 0 Å². The lowest BCUT2D eigenvalue weighted by atomic mass is 10.2. The molecular weight excluding hydrogens is 246 g/mol. The van der Waals surface area contributed by atoms with Gasteiger partial charge in [0.1, 0.15) is 6.10 Å². The van der Waals surface area contributed by atoms with E-state index in [9.17, 15) is 5.11 Å². The topological polar surface area (TPSA) is 50.9 Å². The predicted octanol–water partition coefficient (Wildman–Crippen LogP) is 2.48. The molecule has 16 heavy (non-hydrogen) atoms. The molecule has 0 aliphatic rings. The van der Waals surface area contributed by atoms with Crippen LogP contribution in [0, 0.1) is 0 Å². The first-order valence-corrected chi connectivity index (χ1v) is 6.28. The Bertz CT molecular complexity index is 468. The van der Waals surface area contributed by atoms with Crippen molar-refractivity contribution in [2.75, 3.05) is 0 Å². The molecule has 0 aliphatic heterocycles. The smallest absolute Gasteiger partial charge is 0.131 e. The standard InChI is InChI=1S/C10H12ClN3OS/c1-2-3-14-8(5-12-13-14)10(15)9-4-7(11)6-16-9/h4-6,10,15H,2-3H2,1H3. The lowest BCUT2D eigenvalue weighted by Gasteiger charge is -2.09. The molecule has 0 saturated heterocycles. The van der Waals surface area contributed by atoms with Crippen LogP contribution in [0.3, 0.4) is 0 Å². The minimum atomic E-state index is -0.695. The van der Waals surface area contributed by atoms with Gasteiger partial charge >= 0.3 is 0 Å². The summed E-state index contributed by atoms with van der Waals surface area (Å²) in [6, 6.07) is 1.76. The second kappa shape index (κ2) is 4.95. The zero-order valence-corrected chi connectivity index (χ0v) is 10.4. The fourth-order valence-electron chi connectivity index (χ4n) is 1.48. The minimum absolute atomic E-state index is 0.647. The summed E-state index contributed by atoms with van der Waals surface area (Å²) in [6.07, 6.45) is 1.85. The monoisotopic (exact) mass is 257 g/mol. The van der Waals surface area contributed by atoms with Crippen molar-refractivity contribution < 1.29 is 5.11 Å². The predicted molar refractivity (Wildman–Crippen MR) is 63.7 cm³/mol. The maximum atomic E-state index is 10.2. The molecule has 2 aromatic rings. The van der Waals surface area contributed by atoms with E-state index in [0.717, 1.165) is 17.8 Å². The number of halogens is 1. The summed E-state index contributed by atoms with van der Waals surface area (Å²) in [4.78, 5) is 0.810. The van der Waals surface area contributed by atoms with E-state index in [2.05, 4.69) is 17.2 Å². The van der Waals surface area contributed by atoms with Crippen LogP contribution in [-0.2, 0) is 6.54 Å². The van der Waals surface area contributed by atoms with Crippen LogP contribution in [0.5, 0.6) is 0 Å². The van der Waals surface area contributed by atoms with E-state index in [1.165, 1.54) is 11.3 Å². The number of aliphatic hydroxyl groups excluding tert-OH is 1. The van der Waals surface area contributed by atoms with Gasteiger partial charge in [-0.05, 0) is 12.5 Å². The number of rotatable bonds is 4. The molecular formula is C10H12ClN3OS. The van der Waals surface area contributed by atoms with Crippen molar-refractivity contribution in [3.05, 3.63) is 33.2 Å². The number of aromatic nitrogens is 3. The SMILES string of the molecule is CCCn1nncc1C(O)c1cc(Cl)cs1. The second-order valence-corrected chi connectivity index (χ2v) is 4.83. The van der Waals surface area contributed by atoms with Gasteiger partial charge in [-0.15, -0.1) is 16.4 Å². The molecule has 2 heterocycles. The zero-order valence-electron chi connectivity index (χ0n) is 8.80. The zero-order chi connectivity index (χ0) is 11.5. The Morgan fingerprint density at radius 3 is 3.06 bits per heavy atom. The summed E-state index contributed by atoms with van der Waals surface area (Å²) >= 11 is 7.26. The van der Waals surface area contributed by atoms with Crippen LogP contribution < -0.4 is 0 Å². The van der Waals surface area contributed by atoms with Gasteiger partial charge in [0.2, 0.25) is 0 Å². The molecule has 0 amide bonds. The van der Waals surface area contributed by atoms with E-state index >= 15 is 0 Å². The van der Waals surface area contributed by atoms with Crippen LogP contribution >= 0.6 is 22.9 Å². The van der Waals surface area contributed by atoms with Crippen molar-refractivity contribution >= 4 is 22.9 Å². The largest absolute Gasteiger partial charge is 0.381 e. The van der Waals surface area contributed by atoms with Crippen LogP contribution in [0.1, 0.15) is 30.0 Å². The summed E-state index contributed by atoms with van der Waals surface area (Å²) < 4.78 is 1.72. The molecule has 2 aromatic heterocycles. The van der Waals surface area contributed by atoms with Crippen LogP contribution in [0.15, 0.2) is 17.6 Å². The van der Waals surface area contributed by atoms with E-state index in [-0.39, 0.29) is 0 Å². The molecule has 1 atom stereocenters. The highest BCUT2D eigenvalue weighted by Gasteiger charge is 2.17. The normalized spacial score (nSPS) is 12.9. The molecule has 86 valence electrons. The number of aryl methyl sites for hydroxylation is 1. The van der Waals surface area contributed by atoms with Crippen LogP contribution in [0.4, 0.5) is 0 Å². The van der Waals surface area contributed by atoms with E-state index in [1.54, 1.807) is 22.3 Å². The number of nitrogens with zero attached hydrogens (tertiary/aromatic N) is 3. The molecule has 1 unspecified atom stereocenters. The Morgan fingerprint density at radius 1 is 1.62 bits per heavy atom. The third kappa shape index (κ3) is 2.26. The lowest BCUT2D eigenvalue weighted by molar-refractivity contribution is 0.211. The first kappa shape index (κ1) is 11.6. The Balaban J connectivity index is 2.26. The van der Waals surface area contributed by atoms with E-state index < -0.39 is 6.10 Å². The Labute approximate surface area is 102 Å². The molecule has 0 bridgehead atoms. The highest BCUT2D eigenvalue weighted by Crippen LogP contribution is 2.29. The van der Waals surface area contributed by atoms with Gasteiger partial charge in [0.25, 0.3) is 0 Å². The van der Waals surface area contributed by atoms with Crippen molar-refractivity contribution in [1.82, 2.24) is 15.0 Å². The van der Waals surface area contributed by atoms with Gasteiger partial charge in [0, 0.05) is 16.8 Å². The van der Waals surface area contributed by atoms with Gasteiger partial charge in [0.05, 0.1) is 16.9 Å². The van der Waals surface area contributed by atoms with Crippen molar-refractivity contribution in [2.45, 2.75) is 26.0 Å². The number of thiophene rings is 1. The third-order valence-electron chi connectivity index (χ3n) is 2.22. The second-order valence-electron chi connectivity index (χ2n) is 3.45. The van der Waals surface area contributed by atoms with Crippen molar-refractivity contribution in [2.24, 2.45) is 0 Å². The van der Waals surface area contributed by atoms with Gasteiger partial charge in [0.15, 0.2) is 0 Å². The van der Waals surface area contributed by atoms with Gasteiger partial charge < -0.3 is 5.11 Å². The molecule has 2 rings (SSSR count). The molecule has 0 fully saturated rings. The molecule has 6 heteroatoms. The third-order valence-corrected chi connectivity index (χ3v) is 3.55. The van der Waals surface area contributed by atoms with Gasteiger partial charge in [-0.3, -0.25) is 0 Å². The Morgan fingerprint density at radius 2 is 2.44 bits per heavy atom. The minimum Gasteiger partial charge on any atom is -0.381 e. The lowest BCUT2D eigenvalue weighted by Crippen LogP contribution is -2.09. The quantitative estimate of drug-likeness (QED) is 0.916. The fourth-order valence-corrected chi connectivity index (χ4v) is 2.56. The summed E-state index contributed by atoms with van der Waals surface area (Å²) in [7, 11) is 0. The van der Waals surface area contributed by atoms with Crippen LogP contribution in [0.25, 0.3) is 0 Å². The molecule has 1 N–H and O–H groups in total. The van der Waals surface area contributed by atoms with E-state index in [0.29, 0.717) is 10.7 Å². The van der Waals surface area contributed by atoms with Gasteiger partial charge in [-0.25, -0.2) is 4.68 Å². The summed E-state index contributed by atoms with van der Waals surface area (Å²) in [6.45, 7) is 2.81. The van der Waals surface area contributed by atoms with Crippen molar-refractivity contribution in [3.8, 4) is 0 Å². The Hall–Kier alpha value is -0.910. The van der Waals surface area contributed by atoms with Gasteiger partial charge in [-0.2, -0.15) is 0 Å². The summed E-state index contributed by atoms with van der Waals surface area (Å²) in [5.41, 5.74) is 0.709. The summed E-state index contributed by atoms with van der Waals surface area (Å²) in [5.74, 6) is 0. The van der Waals surface area contributed by atoms with E-state index in [1.807, 2.05) is 0 Å². The molecule has 0 saturated carbocycles. The first-order chi connectivity index (χ1) is 7.72. The Kier molecular flexibility index (Phi) is 3.58. The molecule has 0 aliphatic carbocycles. The average Bonchev–Trinajstić information content (AvgIpc) is 2.87. The molecule has 0 radical (unpaired) electrons. The maximum absolute atomic E-state index is 10.2. The van der Waals surface area contributed by atoms with Crippen LogP contribution in [0.2, 0.25) is 5.02 Å². The molecule has 0 aromatic carbocycles. The van der Waals surface area contributed by atoms with Gasteiger partial charge in [-0.1, -0.05) is 23.7 Å². The molecule has 4 nitrogen and oxygen atoms in total. The number of hydrogen-bond acceptors (Lipinski definition) is 4. The van der Waals surface area contributed by atoms with Crippen LogP contribution in [-0.4, -0.2) is 20.1 Å². The van der Waals surface area contributed by atoms with E-state index in [4.69, 9.17) is 11.6 Å². The highest BCUT2D eigenvalue weighted by atomic mass is 35.5. The molecule has 0 spiro atoms. The highest BCUT2D eigenvalue weighted by molar-refractivity contribution is 7.10. The average molecular weight is 258 g/mol. The van der Waals surface area contributed by atoms with Crippen molar-refractivity contribution in [3.63, 3.8) is 0 Å². The number of aliphatic hydroxyl groups is 1. The maximum Gasteiger partial charge on any atom is 0.131 e. The fraction of sp³-hybridized carbons (Fsp3) is 0.400. The summed E-state index contributed by atoms with van der Waals surface area (Å²) in [5, 5.41) is 20.4. The number of hydrogen-bond donors (Lipinski definition) is 1.